The van der Waals surface area contributed by atoms with Gasteiger partial charge in [0, 0.05) is 23.2 Å². The molecule has 72 valence electrons. The van der Waals surface area contributed by atoms with Crippen LogP contribution >= 0.6 is 11.6 Å². The highest BCUT2D eigenvalue weighted by molar-refractivity contribution is 6.17. The second kappa shape index (κ2) is 3.87. The van der Waals surface area contributed by atoms with Gasteiger partial charge in [0.1, 0.15) is 0 Å². The molecule has 0 unspecified atom stereocenters. The number of hydrogen-bond acceptors (Lipinski definition) is 1. The van der Waals surface area contributed by atoms with Crippen LogP contribution in [0, 0.1) is 6.92 Å². The summed E-state index contributed by atoms with van der Waals surface area (Å²) in [6.45, 7) is 1.55. The smallest absolute Gasteiger partial charge is 0.264 e. The number of H-pyrrole nitrogens is 1. The number of nitrogens with one attached hydrogen (secondary N) is 1. The highest BCUT2D eigenvalue weighted by atomic mass is 35.5. The fourth-order valence-corrected chi connectivity index (χ4v) is 1.47. The van der Waals surface area contributed by atoms with E-state index in [1.54, 1.807) is 6.92 Å². The van der Waals surface area contributed by atoms with Crippen LogP contribution < -0.4 is 5.56 Å². The van der Waals surface area contributed by atoms with Gasteiger partial charge in [0.25, 0.3) is 6.43 Å². The van der Waals surface area contributed by atoms with Crippen molar-refractivity contribution in [1.29, 1.82) is 0 Å². The van der Waals surface area contributed by atoms with Gasteiger partial charge in [-0.2, -0.15) is 0 Å². The molecule has 0 spiro atoms. The molecular weight excluding hydrogens is 200 g/mol. The number of aromatic amines is 1. The van der Waals surface area contributed by atoms with Crippen LogP contribution in [-0.4, -0.2) is 4.98 Å². The Bertz CT molecular complexity index is 362. The summed E-state index contributed by atoms with van der Waals surface area (Å²) in [6.07, 6.45) is -2.66. The molecule has 0 aromatic carbocycles. The molecule has 0 radical (unpaired) electrons. The summed E-state index contributed by atoms with van der Waals surface area (Å²) in [6, 6.07) is 0.884. The minimum atomic E-state index is -2.66. The van der Waals surface area contributed by atoms with Crippen LogP contribution in [0.15, 0.2) is 10.9 Å². The number of pyridine rings is 1. The van der Waals surface area contributed by atoms with Crippen molar-refractivity contribution in [3.8, 4) is 0 Å². The Balaban J connectivity index is 3.38. The van der Waals surface area contributed by atoms with Crippen LogP contribution in [0.3, 0.4) is 0 Å². The molecule has 13 heavy (non-hydrogen) atoms. The van der Waals surface area contributed by atoms with Crippen LogP contribution in [0.2, 0.25) is 0 Å². The highest BCUT2D eigenvalue weighted by Crippen LogP contribution is 2.23. The van der Waals surface area contributed by atoms with Crippen molar-refractivity contribution in [2.24, 2.45) is 0 Å². The number of aromatic nitrogens is 1. The van der Waals surface area contributed by atoms with Gasteiger partial charge in [-0.1, -0.05) is 0 Å². The van der Waals surface area contributed by atoms with Gasteiger partial charge in [-0.25, -0.2) is 8.78 Å². The average Bonchev–Trinajstić information content (AvgIpc) is 2.02. The monoisotopic (exact) mass is 207 g/mol. The van der Waals surface area contributed by atoms with Crippen molar-refractivity contribution in [3.63, 3.8) is 0 Å². The van der Waals surface area contributed by atoms with E-state index in [2.05, 4.69) is 4.98 Å². The van der Waals surface area contributed by atoms with E-state index in [1.807, 2.05) is 0 Å². The van der Waals surface area contributed by atoms with Gasteiger partial charge in [-0.3, -0.25) is 4.79 Å². The summed E-state index contributed by atoms with van der Waals surface area (Å²) in [5.41, 5.74) is -0.105. The van der Waals surface area contributed by atoms with Crippen molar-refractivity contribution in [3.05, 3.63) is 33.2 Å². The second-order valence-corrected chi connectivity index (χ2v) is 2.89. The van der Waals surface area contributed by atoms with Crippen LogP contribution in [0.1, 0.15) is 23.2 Å². The molecule has 0 atom stereocenters. The summed E-state index contributed by atoms with van der Waals surface area (Å²) in [4.78, 5) is 13.3. The predicted molar refractivity (Wildman–Crippen MR) is 46.3 cm³/mol. The summed E-state index contributed by atoms with van der Waals surface area (Å²) in [5.74, 6) is -0.0255. The molecule has 0 fully saturated rings. The first-order chi connectivity index (χ1) is 6.06. The molecule has 0 saturated carbocycles. The van der Waals surface area contributed by atoms with E-state index in [-0.39, 0.29) is 11.4 Å². The second-order valence-electron chi connectivity index (χ2n) is 2.63. The number of alkyl halides is 3. The molecule has 5 heteroatoms. The number of aryl methyl sites for hydroxylation is 1. The van der Waals surface area contributed by atoms with E-state index in [0.29, 0.717) is 11.3 Å². The average molecular weight is 208 g/mol. The lowest BCUT2D eigenvalue weighted by atomic mass is 10.1. The number of hydrogen-bond donors (Lipinski definition) is 1. The lowest BCUT2D eigenvalue weighted by molar-refractivity contribution is 0.150. The molecule has 1 aromatic heterocycles. The zero-order valence-electron chi connectivity index (χ0n) is 6.90. The molecule has 2 nitrogen and oxygen atoms in total. The third kappa shape index (κ3) is 2.06. The highest BCUT2D eigenvalue weighted by Gasteiger charge is 2.15. The Hall–Kier alpha value is -0.900. The summed E-state index contributed by atoms with van der Waals surface area (Å²) >= 11 is 5.48. The summed E-state index contributed by atoms with van der Waals surface area (Å²) < 4.78 is 24.7. The molecule has 1 rings (SSSR count). The fraction of sp³-hybridized carbons (Fsp3) is 0.375. The lowest BCUT2D eigenvalue weighted by Gasteiger charge is -2.07. The van der Waals surface area contributed by atoms with Gasteiger partial charge in [0.2, 0.25) is 5.56 Å². The van der Waals surface area contributed by atoms with Gasteiger partial charge in [0.05, 0.1) is 0 Å². The quantitative estimate of drug-likeness (QED) is 0.742. The van der Waals surface area contributed by atoms with Crippen LogP contribution in [0.5, 0.6) is 0 Å². The molecular formula is C8H8ClF2NO. The molecule has 0 aliphatic carbocycles. The van der Waals surface area contributed by atoms with Crippen molar-refractivity contribution < 1.29 is 8.78 Å². The summed E-state index contributed by atoms with van der Waals surface area (Å²) in [5, 5.41) is 0. The van der Waals surface area contributed by atoms with Gasteiger partial charge < -0.3 is 4.98 Å². The maximum Gasteiger partial charge on any atom is 0.264 e. The van der Waals surface area contributed by atoms with Crippen molar-refractivity contribution in [2.75, 3.05) is 0 Å². The van der Waals surface area contributed by atoms with Crippen molar-refractivity contribution >= 4 is 11.6 Å². The zero-order chi connectivity index (χ0) is 10.0. The molecule has 0 saturated heterocycles. The SMILES string of the molecule is Cc1[nH]c(=O)cc(C(F)F)c1CCl. The number of halogens is 3. The van der Waals surface area contributed by atoms with E-state index in [9.17, 15) is 13.6 Å². The van der Waals surface area contributed by atoms with Crippen LogP contribution in [0.4, 0.5) is 8.78 Å². The van der Waals surface area contributed by atoms with Crippen LogP contribution in [0.25, 0.3) is 0 Å². The Kier molecular flexibility index (Phi) is 3.03. The molecule has 1 N–H and O–H groups in total. The van der Waals surface area contributed by atoms with Gasteiger partial charge >= 0.3 is 0 Å². The van der Waals surface area contributed by atoms with E-state index in [0.717, 1.165) is 6.07 Å². The maximum absolute atomic E-state index is 12.4. The van der Waals surface area contributed by atoms with Crippen molar-refractivity contribution in [2.45, 2.75) is 19.2 Å². The molecule has 0 aliphatic rings. The fourth-order valence-electron chi connectivity index (χ4n) is 1.11. The van der Waals surface area contributed by atoms with Crippen LogP contribution in [-0.2, 0) is 5.88 Å². The normalized spacial score (nSPS) is 10.8. The van der Waals surface area contributed by atoms with E-state index in [1.165, 1.54) is 0 Å². The first-order valence-corrected chi connectivity index (χ1v) is 4.16. The largest absolute Gasteiger partial charge is 0.326 e. The topological polar surface area (TPSA) is 32.9 Å². The van der Waals surface area contributed by atoms with E-state index in [4.69, 9.17) is 11.6 Å². The Morgan fingerprint density at radius 3 is 2.69 bits per heavy atom. The Morgan fingerprint density at radius 2 is 2.23 bits per heavy atom. The number of rotatable bonds is 2. The lowest BCUT2D eigenvalue weighted by Crippen LogP contribution is -2.11. The summed E-state index contributed by atoms with van der Waals surface area (Å²) in [7, 11) is 0. The Labute approximate surface area is 78.5 Å². The molecule has 0 bridgehead atoms. The predicted octanol–water partition coefficient (Wildman–Crippen LogP) is 2.36. The molecule has 0 amide bonds. The molecule has 1 heterocycles. The van der Waals surface area contributed by atoms with E-state index >= 15 is 0 Å². The minimum Gasteiger partial charge on any atom is -0.326 e. The maximum atomic E-state index is 12.4. The first-order valence-electron chi connectivity index (χ1n) is 3.63. The van der Waals surface area contributed by atoms with E-state index < -0.39 is 12.0 Å². The standard InChI is InChI=1S/C8H8ClF2NO/c1-4-6(3-9)5(8(10)11)2-7(13)12-4/h2,8H,3H2,1H3,(H,12,13). The van der Waals surface area contributed by atoms with Gasteiger partial charge in [0.15, 0.2) is 0 Å². The first kappa shape index (κ1) is 10.2. The third-order valence-corrected chi connectivity index (χ3v) is 2.03. The molecule has 0 aliphatic heterocycles. The molecule has 1 aromatic rings. The third-order valence-electron chi connectivity index (χ3n) is 1.77. The Morgan fingerprint density at radius 1 is 1.62 bits per heavy atom. The minimum absolute atomic E-state index is 0.0255. The van der Waals surface area contributed by atoms with Gasteiger partial charge in [-0.15, -0.1) is 11.6 Å². The van der Waals surface area contributed by atoms with Gasteiger partial charge in [-0.05, 0) is 12.5 Å². The zero-order valence-corrected chi connectivity index (χ0v) is 7.66. The van der Waals surface area contributed by atoms with Crippen molar-refractivity contribution in [1.82, 2.24) is 4.98 Å².